The van der Waals surface area contributed by atoms with E-state index in [4.69, 9.17) is 12.2 Å². The fourth-order valence-corrected chi connectivity index (χ4v) is 6.48. The second kappa shape index (κ2) is 7.18. The smallest absolute Gasteiger partial charge is 0.266 e. The van der Waals surface area contributed by atoms with Crippen LogP contribution in [0.2, 0.25) is 0 Å². The van der Waals surface area contributed by atoms with Crippen LogP contribution in [0.15, 0.2) is 22.4 Å². The van der Waals surface area contributed by atoms with Gasteiger partial charge in [-0.05, 0) is 30.9 Å². The van der Waals surface area contributed by atoms with Gasteiger partial charge in [0.25, 0.3) is 5.91 Å². The van der Waals surface area contributed by atoms with Gasteiger partial charge in [-0.25, -0.2) is 8.42 Å². The van der Waals surface area contributed by atoms with Gasteiger partial charge < -0.3 is 5.32 Å². The van der Waals surface area contributed by atoms with Crippen molar-refractivity contribution in [2.75, 3.05) is 11.5 Å². The highest BCUT2D eigenvalue weighted by Crippen LogP contribution is 2.34. The van der Waals surface area contributed by atoms with Gasteiger partial charge in [0.1, 0.15) is 10.4 Å². The van der Waals surface area contributed by atoms with Crippen molar-refractivity contribution in [1.82, 2.24) is 10.2 Å². The molecule has 2 amide bonds. The minimum Gasteiger partial charge on any atom is -0.351 e. The number of thioether (sulfide) groups is 1. The van der Waals surface area contributed by atoms with E-state index in [2.05, 4.69) is 5.32 Å². The van der Waals surface area contributed by atoms with E-state index >= 15 is 0 Å². The molecule has 10 heteroatoms. The van der Waals surface area contributed by atoms with E-state index in [-0.39, 0.29) is 17.4 Å². The highest BCUT2D eigenvalue weighted by molar-refractivity contribution is 8.26. The molecule has 2 saturated heterocycles. The Balaban J connectivity index is 1.69. The number of hydrogen-bond donors (Lipinski definition) is 1. The summed E-state index contributed by atoms with van der Waals surface area (Å²) >= 11 is 7.94. The van der Waals surface area contributed by atoms with Crippen molar-refractivity contribution in [2.45, 2.75) is 25.4 Å². The van der Waals surface area contributed by atoms with Crippen LogP contribution in [-0.4, -0.2) is 53.0 Å². The van der Waals surface area contributed by atoms with Gasteiger partial charge in [0.05, 0.1) is 16.4 Å². The molecule has 0 saturated carbocycles. The lowest BCUT2D eigenvalue weighted by Gasteiger charge is -2.23. The van der Waals surface area contributed by atoms with Crippen LogP contribution in [0.3, 0.4) is 0 Å². The predicted molar refractivity (Wildman–Crippen MR) is 104 cm³/mol. The van der Waals surface area contributed by atoms with Crippen molar-refractivity contribution in [3.63, 3.8) is 0 Å². The van der Waals surface area contributed by atoms with E-state index in [1.165, 1.54) is 28.0 Å². The first-order chi connectivity index (χ1) is 11.8. The van der Waals surface area contributed by atoms with E-state index in [9.17, 15) is 18.0 Å². The first kappa shape index (κ1) is 18.6. The monoisotopic (exact) mass is 416 g/mol. The highest BCUT2D eigenvalue weighted by Gasteiger charge is 2.39. The largest absolute Gasteiger partial charge is 0.351 e. The zero-order valence-electron chi connectivity index (χ0n) is 13.3. The molecule has 2 aliphatic heterocycles. The highest BCUT2D eigenvalue weighted by atomic mass is 32.2. The van der Waals surface area contributed by atoms with Crippen LogP contribution in [0.1, 0.15) is 18.2 Å². The molecule has 1 aromatic rings. The van der Waals surface area contributed by atoms with E-state index in [1.807, 2.05) is 17.5 Å². The van der Waals surface area contributed by atoms with E-state index in [0.717, 1.165) is 4.88 Å². The first-order valence-corrected chi connectivity index (χ1v) is 11.5. The van der Waals surface area contributed by atoms with Crippen LogP contribution in [0.5, 0.6) is 0 Å². The number of carbonyl (C=O) groups is 2. The molecule has 0 bridgehead atoms. The Hall–Kier alpha value is -1.23. The van der Waals surface area contributed by atoms with Crippen LogP contribution in [0.4, 0.5) is 0 Å². The van der Waals surface area contributed by atoms with Gasteiger partial charge in [0.15, 0.2) is 9.84 Å². The molecule has 0 unspecified atom stereocenters. The summed E-state index contributed by atoms with van der Waals surface area (Å²) in [6.07, 6.45) is 2.16. The summed E-state index contributed by atoms with van der Waals surface area (Å²) in [6.45, 7) is 1.59. The SMILES string of the molecule is C[C@H](C(=O)N[C@H]1CCS(=O)(=O)C1)N1C(=O)/C(=C/c2cccs2)SC1=S. The Bertz CT molecular complexity index is 845. The van der Waals surface area contributed by atoms with Crippen LogP contribution < -0.4 is 5.32 Å². The maximum atomic E-state index is 12.6. The van der Waals surface area contributed by atoms with Gasteiger partial charge in [-0.15, -0.1) is 11.3 Å². The average Bonchev–Trinajstić information content (AvgIpc) is 3.21. The summed E-state index contributed by atoms with van der Waals surface area (Å²) in [5.74, 6) is -0.667. The molecule has 2 fully saturated rings. The molecule has 3 rings (SSSR count). The van der Waals surface area contributed by atoms with Gasteiger partial charge >= 0.3 is 0 Å². The molecule has 1 N–H and O–H groups in total. The zero-order chi connectivity index (χ0) is 18.2. The normalized spacial score (nSPS) is 25.6. The predicted octanol–water partition coefficient (Wildman–Crippen LogP) is 1.64. The quantitative estimate of drug-likeness (QED) is 0.593. The van der Waals surface area contributed by atoms with Gasteiger partial charge in [0, 0.05) is 10.9 Å². The molecule has 0 aromatic carbocycles. The molecule has 2 atom stereocenters. The average molecular weight is 417 g/mol. The molecular weight excluding hydrogens is 400 g/mol. The second-order valence-electron chi connectivity index (χ2n) is 5.85. The molecule has 25 heavy (non-hydrogen) atoms. The summed E-state index contributed by atoms with van der Waals surface area (Å²) in [7, 11) is -3.08. The second-order valence-corrected chi connectivity index (χ2v) is 10.7. The number of amides is 2. The third kappa shape index (κ3) is 4.13. The van der Waals surface area contributed by atoms with Gasteiger partial charge in [-0.3, -0.25) is 14.5 Å². The van der Waals surface area contributed by atoms with Crippen molar-refractivity contribution in [3.8, 4) is 0 Å². The van der Waals surface area contributed by atoms with Crippen LogP contribution in [0, 0.1) is 0 Å². The van der Waals surface area contributed by atoms with E-state index in [1.54, 1.807) is 13.0 Å². The summed E-state index contributed by atoms with van der Waals surface area (Å²) in [6, 6.07) is 2.60. The van der Waals surface area contributed by atoms with Crippen molar-refractivity contribution < 1.29 is 18.0 Å². The minimum absolute atomic E-state index is 0.0534. The third-order valence-corrected chi connectivity index (χ3v) is 7.90. The van der Waals surface area contributed by atoms with Crippen molar-refractivity contribution in [2.24, 2.45) is 0 Å². The number of thiocarbonyl (C=S) groups is 1. The fraction of sp³-hybridized carbons (Fsp3) is 0.400. The topological polar surface area (TPSA) is 83.6 Å². The maximum absolute atomic E-state index is 12.6. The molecule has 0 radical (unpaired) electrons. The molecule has 134 valence electrons. The molecule has 0 aliphatic carbocycles. The van der Waals surface area contributed by atoms with Crippen LogP contribution >= 0.6 is 35.3 Å². The fourth-order valence-electron chi connectivity index (χ4n) is 2.66. The van der Waals surface area contributed by atoms with Crippen molar-refractivity contribution >= 4 is 67.4 Å². The molecule has 2 aliphatic rings. The Morgan fingerprint density at radius 2 is 2.28 bits per heavy atom. The van der Waals surface area contributed by atoms with Crippen molar-refractivity contribution in [1.29, 1.82) is 0 Å². The molecular formula is C15H16N2O4S4. The number of hydrogen-bond acceptors (Lipinski definition) is 7. The lowest BCUT2D eigenvalue weighted by Crippen LogP contribution is -2.50. The Kier molecular flexibility index (Phi) is 5.33. The maximum Gasteiger partial charge on any atom is 0.266 e. The summed E-state index contributed by atoms with van der Waals surface area (Å²) in [4.78, 5) is 27.7. The third-order valence-electron chi connectivity index (χ3n) is 3.99. The number of sulfone groups is 1. The van der Waals surface area contributed by atoms with Gasteiger partial charge in [-0.2, -0.15) is 0 Å². The lowest BCUT2D eigenvalue weighted by molar-refractivity contribution is -0.132. The lowest BCUT2D eigenvalue weighted by atomic mass is 10.2. The Labute approximate surface area is 159 Å². The number of thiophene rings is 1. The van der Waals surface area contributed by atoms with Gasteiger partial charge in [-0.1, -0.05) is 30.0 Å². The minimum atomic E-state index is -3.08. The number of rotatable bonds is 4. The Morgan fingerprint density at radius 3 is 2.88 bits per heavy atom. The summed E-state index contributed by atoms with van der Waals surface area (Å²) < 4.78 is 23.3. The number of nitrogens with one attached hydrogen (secondary N) is 1. The van der Waals surface area contributed by atoms with E-state index < -0.39 is 27.8 Å². The van der Waals surface area contributed by atoms with Crippen molar-refractivity contribution in [3.05, 3.63) is 27.3 Å². The standard InChI is InChI=1S/C15H16N2O4S4/c1-9(13(18)16-10-4-6-25(20,21)8-10)17-14(19)12(24-15(17)22)7-11-3-2-5-23-11/h2-3,5,7,9-10H,4,6,8H2,1H3,(H,16,18)/b12-7-/t9-,10+/m1/s1. The number of carbonyl (C=O) groups excluding carboxylic acids is 2. The summed E-state index contributed by atoms with van der Waals surface area (Å²) in [5, 5.41) is 4.63. The zero-order valence-corrected chi connectivity index (χ0v) is 16.6. The summed E-state index contributed by atoms with van der Waals surface area (Å²) in [5.41, 5.74) is 0. The first-order valence-electron chi connectivity index (χ1n) is 7.58. The van der Waals surface area contributed by atoms with E-state index in [0.29, 0.717) is 15.6 Å². The van der Waals surface area contributed by atoms with Crippen LogP contribution in [0.25, 0.3) is 6.08 Å². The van der Waals surface area contributed by atoms with Crippen LogP contribution in [-0.2, 0) is 19.4 Å². The molecule has 1 aromatic heterocycles. The molecule has 3 heterocycles. The molecule has 6 nitrogen and oxygen atoms in total. The Morgan fingerprint density at radius 1 is 1.52 bits per heavy atom. The number of nitrogens with zero attached hydrogens (tertiary/aromatic N) is 1. The van der Waals surface area contributed by atoms with Gasteiger partial charge in [0.2, 0.25) is 5.91 Å². The molecule has 0 spiro atoms.